The van der Waals surface area contributed by atoms with Gasteiger partial charge in [-0.2, -0.15) is 8.42 Å². The number of methoxy groups -OCH3 is 2. The van der Waals surface area contributed by atoms with E-state index in [1.165, 1.54) is 33.8 Å². The van der Waals surface area contributed by atoms with Crippen molar-refractivity contribution in [1.29, 1.82) is 0 Å². The lowest BCUT2D eigenvalue weighted by atomic mass is 10.3. The van der Waals surface area contributed by atoms with Crippen molar-refractivity contribution in [1.82, 2.24) is 9.55 Å². The molecule has 0 bridgehead atoms. The number of aryl methyl sites for hydroxylation is 1. The van der Waals surface area contributed by atoms with Crippen molar-refractivity contribution in [3.8, 4) is 11.5 Å². The predicted octanol–water partition coefficient (Wildman–Crippen LogP) is 1.75. The molecule has 0 aliphatic heterocycles. The number of hydrogen-bond acceptors (Lipinski definition) is 5. The van der Waals surface area contributed by atoms with Gasteiger partial charge in [-0.15, -0.1) is 0 Å². The highest BCUT2D eigenvalue weighted by atomic mass is 32.2. The van der Waals surface area contributed by atoms with Gasteiger partial charge in [-0.3, -0.25) is 4.31 Å². The van der Waals surface area contributed by atoms with Crippen LogP contribution in [0.4, 0.5) is 5.69 Å². The van der Waals surface area contributed by atoms with Crippen LogP contribution in [-0.4, -0.2) is 39.2 Å². The minimum atomic E-state index is -3.74. The van der Waals surface area contributed by atoms with E-state index in [9.17, 15) is 8.42 Å². The molecule has 0 atom stereocenters. The zero-order valence-corrected chi connectivity index (χ0v) is 13.8. The Hall–Kier alpha value is -2.22. The maximum Gasteiger partial charge on any atom is 0.283 e. The molecule has 8 heteroatoms. The van der Waals surface area contributed by atoms with E-state index in [-0.39, 0.29) is 5.03 Å². The molecule has 0 saturated carbocycles. The standard InChI is InChI=1S/C14H19N3O4S/c1-5-17-9-14(15-10-17)22(18,19)16(2)11-6-12(20-3)8-13(7-11)21-4/h6-10H,5H2,1-4H3. The van der Waals surface area contributed by atoms with E-state index in [2.05, 4.69) is 4.98 Å². The summed E-state index contributed by atoms with van der Waals surface area (Å²) in [6.45, 7) is 2.56. The van der Waals surface area contributed by atoms with Crippen LogP contribution in [0, 0.1) is 0 Å². The third kappa shape index (κ3) is 3.01. The first-order chi connectivity index (χ1) is 10.4. The number of ether oxygens (including phenoxy) is 2. The van der Waals surface area contributed by atoms with E-state index in [0.29, 0.717) is 23.7 Å². The van der Waals surface area contributed by atoms with Gasteiger partial charge in [0.2, 0.25) is 0 Å². The van der Waals surface area contributed by atoms with Crippen molar-refractivity contribution < 1.29 is 17.9 Å². The molecule has 7 nitrogen and oxygen atoms in total. The van der Waals surface area contributed by atoms with Crippen molar-refractivity contribution in [3.63, 3.8) is 0 Å². The van der Waals surface area contributed by atoms with Crippen LogP contribution in [0.1, 0.15) is 6.92 Å². The smallest absolute Gasteiger partial charge is 0.283 e. The average Bonchev–Trinajstić information content (AvgIpc) is 3.03. The summed E-state index contributed by atoms with van der Waals surface area (Å²) in [5.41, 5.74) is 0.433. The second-order valence-corrected chi connectivity index (χ2v) is 6.50. The van der Waals surface area contributed by atoms with Crippen LogP contribution in [0.15, 0.2) is 35.7 Å². The highest BCUT2D eigenvalue weighted by molar-refractivity contribution is 7.92. The molecule has 0 saturated heterocycles. The zero-order chi connectivity index (χ0) is 16.3. The predicted molar refractivity (Wildman–Crippen MR) is 83.0 cm³/mol. The van der Waals surface area contributed by atoms with Crippen molar-refractivity contribution in [3.05, 3.63) is 30.7 Å². The fraction of sp³-hybridized carbons (Fsp3) is 0.357. The molecule has 0 fully saturated rings. The molecular weight excluding hydrogens is 306 g/mol. The van der Waals surface area contributed by atoms with Crippen molar-refractivity contribution in [2.24, 2.45) is 0 Å². The molecule has 120 valence electrons. The number of rotatable bonds is 6. The van der Waals surface area contributed by atoms with Gasteiger partial charge >= 0.3 is 0 Å². The first kappa shape index (κ1) is 16.2. The molecule has 2 aromatic rings. The molecule has 0 N–H and O–H groups in total. The number of hydrogen-bond donors (Lipinski definition) is 0. The van der Waals surface area contributed by atoms with Gasteiger partial charge in [0.25, 0.3) is 10.0 Å². The Bertz CT molecular complexity index is 733. The van der Waals surface area contributed by atoms with Crippen LogP contribution in [-0.2, 0) is 16.6 Å². The van der Waals surface area contributed by atoms with Gasteiger partial charge < -0.3 is 14.0 Å². The zero-order valence-electron chi connectivity index (χ0n) is 13.0. The Morgan fingerprint density at radius 3 is 2.23 bits per heavy atom. The maximum absolute atomic E-state index is 12.6. The Morgan fingerprint density at radius 1 is 1.18 bits per heavy atom. The molecule has 2 rings (SSSR count). The quantitative estimate of drug-likeness (QED) is 0.809. The van der Waals surface area contributed by atoms with Gasteiger partial charge in [0.15, 0.2) is 5.03 Å². The van der Waals surface area contributed by atoms with Crippen LogP contribution in [0.25, 0.3) is 0 Å². The van der Waals surface area contributed by atoms with Crippen molar-refractivity contribution in [2.75, 3.05) is 25.6 Å². The van der Waals surface area contributed by atoms with Gasteiger partial charge in [0.1, 0.15) is 11.5 Å². The summed E-state index contributed by atoms with van der Waals surface area (Å²) >= 11 is 0. The van der Waals surface area contributed by atoms with Crippen LogP contribution in [0.3, 0.4) is 0 Å². The SMILES string of the molecule is CCn1cnc(S(=O)(=O)N(C)c2cc(OC)cc(OC)c2)c1. The van der Waals surface area contributed by atoms with Crippen molar-refractivity contribution in [2.45, 2.75) is 18.5 Å². The fourth-order valence-corrected chi connectivity index (χ4v) is 3.01. The summed E-state index contributed by atoms with van der Waals surface area (Å²) in [4.78, 5) is 3.96. The van der Waals surface area contributed by atoms with E-state index in [1.807, 2.05) is 6.92 Å². The number of sulfonamides is 1. The first-order valence-corrected chi connectivity index (χ1v) is 8.10. The second kappa shape index (κ2) is 6.27. The third-order valence-electron chi connectivity index (χ3n) is 3.30. The third-order valence-corrected chi connectivity index (χ3v) is 4.97. The van der Waals surface area contributed by atoms with Gasteiger partial charge in [-0.05, 0) is 6.92 Å². The van der Waals surface area contributed by atoms with Crippen LogP contribution in [0.2, 0.25) is 0 Å². The molecule has 0 aliphatic carbocycles. The van der Waals surface area contributed by atoms with Crippen molar-refractivity contribution >= 4 is 15.7 Å². The molecule has 0 amide bonds. The van der Waals surface area contributed by atoms with Crippen LogP contribution in [0.5, 0.6) is 11.5 Å². The topological polar surface area (TPSA) is 73.7 Å². The van der Waals surface area contributed by atoms with Gasteiger partial charge in [0.05, 0.1) is 26.2 Å². The lowest BCUT2D eigenvalue weighted by molar-refractivity contribution is 0.394. The lowest BCUT2D eigenvalue weighted by Gasteiger charge is -2.19. The lowest BCUT2D eigenvalue weighted by Crippen LogP contribution is -2.26. The van der Waals surface area contributed by atoms with E-state index in [1.54, 1.807) is 22.8 Å². The highest BCUT2D eigenvalue weighted by Crippen LogP contribution is 2.30. The maximum atomic E-state index is 12.6. The summed E-state index contributed by atoms with van der Waals surface area (Å²) in [6, 6.07) is 4.92. The number of nitrogens with zero attached hydrogens (tertiary/aromatic N) is 3. The number of anilines is 1. The molecule has 1 aromatic carbocycles. The summed E-state index contributed by atoms with van der Waals surface area (Å²) in [6.07, 6.45) is 3.00. The monoisotopic (exact) mass is 325 g/mol. The minimum absolute atomic E-state index is 0.00126. The Labute approximate surface area is 130 Å². The Balaban J connectivity index is 2.43. The second-order valence-electron chi connectivity index (χ2n) is 4.59. The average molecular weight is 325 g/mol. The summed E-state index contributed by atoms with van der Waals surface area (Å²) < 4.78 is 38.4. The summed E-state index contributed by atoms with van der Waals surface area (Å²) in [5, 5.41) is -0.00126. The summed E-state index contributed by atoms with van der Waals surface area (Å²) in [5.74, 6) is 1.02. The molecule has 1 aromatic heterocycles. The molecular formula is C14H19N3O4S. The number of imidazole rings is 1. The highest BCUT2D eigenvalue weighted by Gasteiger charge is 2.24. The molecule has 0 unspecified atom stereocenters. The fourth-order valence-electron chi connectivity index (χ4n) is 1.90. The van der Waals surface area contributed by atoms with Crippen LogP contribution < -0.4 is 13.8 Å². The molecule has 0 radical (unpaired) electrons. The van der Waals surface area contributed by atoms with Gasteiger partial charge in [-0.25, -0.2) is 4.98 Å². The number of benzene rings is 1. The van der Waals surface area contributed by atoms with Crippen LogP contribution >= 0.6 is 0 Å². The normalized spacial score (nSPS) is 11.3. The van der Waals surface area contributed by atoms with E-state index in [4.69, 9.17) is 9.47 Å². The first-order valence-electron chi connectivity index (χ1n) is 6.66. The minimum Gasteiger partial charge on any atom is -0.497 e. The van der Waals surface area contributed by atoms with E-state index < -0.39 is 10.0 Å². The largest absolute Gasteiger partial charge is 0.497 e. The van der Waals surface area contributed by atoms with Gasteiger partial charge in [-0.1, -0.05) is 0 Å². The van der Waals surface area contributed by atoms with E-state index in [0.717, 1.165) is 4.31 Å². The molecule has 0 spiro atoms. The number of aromatic nitrogens is 2. The summed E-state index contributed by atoms with van der Waals surface area (Å²) in [7, 11) is 0.746. The van der Waals surface area contributed by atoms with Gasteiger partial charge in [0, 0.05) is 38.0 Å². The Morgan fingerprint density at radius 2 is 1.77 bits per heavy atom. The Kier molecular flexibility index (Phi) is 4.60. The molecule has 1 heterocycles. The molecule has 0 aliphatic rings. The molecule has 22 heavy (non-hydrogen) atoms. The van der Waals surface area contributed by atoms with E-state index >= 15 is 0 Å².